The van der Waals surface area contributed by atoms with Gasteiger partial charge in [-0.25, -0.2) is 0 Å². The third-order valence-corrected chi connectivity index (χ3v) is 6.24. The molecular formula is C18H30N2O3. The lowest BCUT2D eigenvalue weighted by Crippen LogP contribution is -2.46. The SMILES string of the molecule is O=C(C1CCCC1)N1CCC(NC2CCC3(CC2)OCCO3)C1. The van der Waals surface area contributed by atoms with Crippen LogP contribution < -0.4 is 5.32 Å². The number of carbonyl (C=O) groups excluding carboxylic acids is 1. The minimum absolute atomic E-state index is 0.266. The Morgan fingerprint density at radius 3 is 2.35 bits per heavy atom. The van der Waals surface area contributed by atoms with Crippen molar-refractivity contribution in [3.63, 3.8) is 0 Å². The Kier molecular flexibility index (Phi) is 4.61. The Balaban J connectivity index is 1.22. The predicted octanol–water partition coefficient (Wildman–Crippen LogP) is 2.05. The molecule has 4 rings (SSSR count). The average Bonchev–Trinajstić information content (AvgIpc) is 3.31. The Labute approximate surface area is 139 Å². The number of nitrogens with zero attached hydrogens (tertiary/aromatic N) is 1. The fourth-order valence-corrected chi connectivity index (χ4v) is 4.87. The second kappa shape index (κ2) is 6.69. The molecule has 5 nitrogen and oxygen atoms in total. The maximum Gasteiger partial charge on any atom is 0.225 e. The summed E-state index contributed by atoms with van der Waals surface area (Å²) in [5.41, 5.74) is 0. The summed E-state index contributed by atoms with van der Waals surface area (Å²) in [6.07, 6.45) is 10.0. The molecule has 2 saturated heterocycles. The number of amides is 1. The molecule has 4 aliphatic rings. The molecule has 4 fully saturated rings. The molecule has 23 heavy (non-hydrogen) atoms. The van der Waals surface area contributed by atoms with E-state index in [-0.39, 0.29) is 5.79 Å². The first-order chi connectivity index (χ1) is 11.2. The van der Waals surface area contributed by atoms with Crippen LogP contribution in [-0.2, 0) is 14.3 Å². The Morgan fingerprint density at radius 2 is 1.65 bits per heavy atom. The molecule has 2 aliphatic heterocycles. The third kappa shape index (κ3) is 3.42. The summed E-state index contributed by atoms with van der Waals surface area (Å²) in [7, 11) is 0. The van der Waals surface area contributed by atoms with Crippen LogP contribution in [0.15, 0.2) is 0 Å². The van der Waals surface area contributed by atoms with Crippen molar-refractivity contribution in [3.05, 3.63) is 0 Å². The minimum atomic E-state index is -0.266. The summed E-state index contributed by atoms with van der Waals surface area (Å²) in [5.74, 6) is 0.473. The van der Waals surface area contributed by atoms with Crippen molar-refractivity contribution in [2.24, 2.45) is 5.92 Å². The van der Waals surface area contributed by atoms with E-state index in [4.69, 9.17) is 9.47 Å². The zero-order valence-electron chi connectivity index (χ0n) is 14.1. The van der Waals surface area contributed by atoms with Crippen LogP contribution in [0.5, 0.6) is 0 Å². The highest BCUT2D eigenvalue weighted by atomic mass is 16.7. The predicted molar refractivity (Wildman–Crippen MR) is 87.0 cm³/mol. The molecule has 2 aliphatic carbocycles. The lowest BCUT2D eigenvalue weighted by Gasteiger charge is -2.36. The number of likely N-dealkylation sites (tertiary alicyclic amines) is 1. The molecule has 2 saturated carbocycles. The largest absolute Gasteiger partial charge is 0.348 e. The maximum absolute atomic E-state index is 12.5. The molecule has 1 amide bonds. The van der Waals surface area contributed by atoms with Crippen molar-refractivity contribution in [1.29, 1.82) is 0 Å². The van der Waals surface area contributed by atoms with Gasteiger partial charge in [0, 0.05) is 43.9 Å². The van der Waals surface area contributed by atoms with Gasteiger partial charge in [-0.15, -0.1) is 0 Å². The molecule has 130 valence electrons. The molecule has 1 atom stereocenters. The Bertz CT molecular complexity index is 420. The number of hydrogen-bond donors (Lipinski definition) is 1. The van der Waals surface area contributed by atoms with Crippen molar-refractivity contribution in [2.45, 2.75) is 75.7 Å². The van der Waals surface area contributed by atoms with Gasteiger partial charge in [-0.1, -0.05) is 12.8 Å². The van der Waals surface area contributed by atoms with Crippen molar-refractivity contribution in [1.82, 2.24) is 10.2 Å². The first-order valence-electron chi connectivity index (χ1n) is 9.57. The molecule has 0 bridgehead atoms. The molecule has 1 spiro atoms. The van der Waals surface area contributed by atoms with Gasteiger partial charge in [-0.05, 0) is 32.1 Å². The summed E-state index contributed by atoms with van der Waals surface area (Å²) in [6, 6.07) is 1.03. The fourth-order valence-electron chi connectivity index (χ4n) is 4.87. The quantitative estimate of drug-likeness (QED) is 0.864. The molecule has 0 aromatic heterocycles. The smallest absolute Gasteiger partial charge is 0.225 e. The number of carbonyl (C=O) groups is 1. The van der Waals surface area contributed by atoms with E-state index in [0.717, 1.165) is 71.2 Å². The van der Waals surface area contributed by atoms with Gasteiger partial charge in [0.05, 0.1) is 13.2 Å². The molecule has 1 N–H and O–H groups in total. The van der Waals surface area contributed by atoms with Gasteiger partial charge in [0.1, 0.15) is 0 Å². The second-order valence-corrected chi connectivity index (χ2v) is 7.80. The highest BCUT2D eigenvalue weighted by Crippen LogP contribution is 2.36. The van der Waals surface area contributed by atoms with Gasteiger partial charge in [-0.2, -0.15) is 0 Å². The number of ether oxygens (including phenoxy) is 2. The van der Waals surface area contributed by atoms with Crippen molar-refractivity contribution in [3.8, 4) is 0 Å². The van der Waals surface area contributed by atoms with E-state index in [1.807, 2.05) is 0 Å². The zero-order valence-corrected chi connectivity index (χ0v) is 14.1. The summed E-state index contributed by atoms with van der Waals surface area (Å²) < 4.78 is 11.6. The van der Waals surface area contributed by atoms with Gasteiger partial charge >= 0.3 is 0 Å². The monoisotopic (exact) mass is 322 g/mol. The van der Waals surface area contributed by atoms with Crippen LogP contribution in [-0.4, -0.2) is 55.0 Å². The van der Waals surface area contributed by atoms with E-state index in [1.54, 1.807) is 0 Å². The third-order valence-electron chi connectivity index (χ3n) is 6.24. The van der Waals surface area contributed by atoms with Crippen molar-refractivity contribution < 1.29 is 14.3 Å². The minimum Gasteiger partial charge on any atom is -0.348 e. The van der Waals surface area contributed by atoms with Crippen LogP contribution in [0.3, 0.4) is 0 Å². The van der Waals surface area contributed by atoms with Crippen LogP contribution in [0.4, 0.5) is 0 Å². The molecule has 0 aromatic carbocycles. The number of rotatable bonds is 3. The first-order valence-corrected chi connectivity index (χ1v) is 9.57. The van der Waals surface area contributed by atoms with Crippen LogP contribution >= 0.6 is 0 Å². The van der Waals surface area contributed by atoms with Gasteiger partial charge in [0.25, 0.3) is 0 Å². The van der Waals surface area contributed by atoms with Crippen molar-refractivity contribution in [2.75, 3.05) is 26.3 Å². The molecule has 0 aromatic rings. The van der Waals surface area contributed by atoms with Gasteiger partial charge in [0.15, 0.2) is 5.79 Å². The van der Waals surface area contributed by atoms with E-state index < -0.39 is 0 Å². The lowest BCUT2D eigenvalue weighted by atomic mass is 9.89. The van der Waals surface area contributed by atoms with Crippen LogP contribution in [0.1, 0.15) is 57.8 Å². The average molecular weight is 322 g/mol. The van der Waals surface area contributed by atoms with Gasteiger partial charge in [-0.3, -0.25) is 4.79 Å². The van der Waals surface area contributed by atoms with Crippen LogP contribution in [0.25, 0.3) is 0 Å². The standard InChI is InChI=1S/C18H30N2O3/c21-17(14-3-1-2-4-14)20-10-7-16(13-20)19-15-5-8-18(9-6-15)22-11-12-23-18/h14-16,19H,1-13H2. The highest BCUT2D eigenvalue weighted by Gasteiger charge is 2.41. The number of nitrogens with one attached hydrogen (secondary N) is 1. The van der Waals surface area contributed by atoms with Crippen LogP contribution in [0, 0.1) is 5.92 Å². The van der Waals surface area contributed by atoms with Gasteiger partial charge < -0.3 is 19.7 Å². The van der Waals surface area contributed by atoms with E-state index in [0.29, 0.717) is 23.9 Å². The maximum atomic E-state index is 12.5. The van der Waals surface area contributed by atoms with E-state index in [1.165, 1.54) is 12.8 Å². The normalized spacial score (nSPS) is 32.2. The lowest BCUT2D eigenvalue weighted by molar-refractivity contribution is -0.179. The molecule has 1 unspecified atom stereocenters. The Morgan fingerprint density at radius 1 is 0.957 bits per heavy atom. The second-order valence-electron chi connectivity index (χ2n) is 7.80. The fraction of sp³-hybridized carbons (Fsp3) is 0.944. The topological polar surface area (TPSA) is 50.8 Å². The summed E-state index contributed by atoms with van der Waals surface area (Å²) >= 11 is 0. The first kappa shape index (κ1) is 15.9. The van der Waals surface area contributed by atoms with Gasteiger partial charge in [0.2, 0.25) is 5.91 Å². The van der Waals surface area contributed by atoms with E-state index in [9.17, 15) is 4.79 Å². The summed E-state index contributed by atoms with van der Waals surface area (Å²) in [6.45, 7) is 3.35. The van der Waals surface area contributed by atoms with Crippen molar-refractivity contribution >= 4 is 5.91 Å². The zero-order chi connectivity index (χ0) is 15.7. The van der Waals surface area contributed by atoms with Crippen LogP contribution in [0.2, 0.25) is 0 Å². The molecular weight excluding hydrogens is 292 g/mol. The molecule has 0 radical (unpaired) electrons. The van der Waals surface area contributed by atoms with E-state index in [2.05, 4.69) is 10.2 Å². The molecule has 5 heteroatoms. The van der Waals surface area contributed by atoms with E-state index >= 15 is 0 Å². The molecule has 2 heterocycles. The summed E-state index contributed by atoms with van der Waals surface area (Å²) in [5, 5.41) is 3.79. The Hall–Kier alpha value is -0.650. The number of hydrogen-bond acceptors (Lipinski definition) is 4. The summed E-state index contributed by atoms with van der Waals surface area (Å²) in [4.78, 5) is 14.6. The highest BCUT2D eigenvalue weighted by molar-refractivity contribution is 5.79.